The predicted octanol–water partition coefficient (Wildman–Crippen LogP) is 3.67. The Morgan fingerprint density at radius 1 is 0.778 bits per heavy atom. The van der Waals surface area contributed by atoms with Crippen molar-refractivity contribution in [3.63, 3.8) is 0 Å². The van der Waals surface area contributed by atoms with E-state index in [-0.39, 0.29) is 11.1 Å². The SMILES string of the molecule is CC(C)(C)N(O)c1cccc(N(O)C(C)(C)C)c1. The van der Waals surface area contributed by atoms with Crippen LogP contribution in [0.25, 0.3) is 0 Å². The van der Waals surface area contributed by atoms with E-state index in [2.05, 4.69) is 0 Å². The summed E-state index contributed by atoms with van der Waals surface area (Å²) < 4.78 is 0. The molecule has 0 fully saturated rings. The van der Waals surface area contributed by atoms with Crippen molar-refractivity contribution >= 4 is 11.4 Å². The predicted molar refractivity (Wildman–Crippen MR) is 74.5 cm³/mol. The van der Waals surface area contributed by atoms with E-state index < -0.39 is 0 Å². The van der Waals surface area contributed by atoms with Gasteiger partial charge in [0.15, 0.2) is 0 Å². The van der Waals surface area contributed by atoms with E-state index in [1.807, 2.05) is 59.7 Å². The number of nitrogens with zero attached hydrogens (tertiary/aromatic N) is 2. The van der Waals surface area contributed by atoms with Gasteiger partial charge in [0.2, 0.25) is 0 Å². The fourth-order valence-corrected chi connectivity index (χ4v) is 1.53. The molecule has 1 aromatic rings. The van der Waals surface area contributed by atoms with Gasteiger partial charge in [0.1, 0.15) is 0 Å². The van der Waals surface area contributed by atoms with Gasteiger partial charge in [0, 0.05) is 0 Å². The molecule has 1 rings (SSSR count). The average molecular weight is 252 g/mol. The first kappa shape index (κ1) is 14.8. The Kier molecular flexibility index (Phi) is 3.93. The first-order valence-corrected chi connectivity index (χ1v) is 6.12. The molecule has 4 nitrogen and oxygen atoms in total. The van der Waals surface area contributed by atoms with Crippen LogP contribution in [0, 0.1) is 0 Å². The fraction of sp³-hybridized carbons (Fsp3) is 0.571. The highest BCUT2D eigenvalue weighted by molar-refractivity contribution is 5.58. The zero-order valence-electron chi connectivity index (χ0n) is 12.1. The number of anilines is 2. The van der Waals surface area contributed by atoms with Gasteiger partial charge in [-0.25, -0.2) is 0 Å². The molecule has 0 spiro atoms. The third kappa shape index (κ3) is 3.37. The monoisotopic (exact) mass is 252 g/mol. The Balaban J connectivity index is 3.07. The molecule has 102 valence electrons. The van der Waals surface area contributed by atoms with Crippen LogP contribution in [-0.2, 0) is 0 Å². The van der Waals surface area contributed by atoms with Crippen molar-refractivity contribution in [3.05, 3.63) is 24.3 Å². The van der Waals surface area contributed by atoms with Crippen molar-refractivity contribution < 1.29 is 10.4 Å². The van der Waals surface area contributed by atoms with E-state index in [9.17, 15) is 10.4 Å². The number of hydrogen-bond acceptors (Lipinski definition) is 4. The quantitative estimate of drug-likeness (QED) is 0.788. The number of hydrogen-bond donors (Lipinski definition) is 2. The van der Waals surface area contributed by atoms with Crippen molar-refractivity contribution in [3.8, 4) is 0 Å². The van der Waals surface area contributed by atoms with Gasteiger partial charge in [-0.2, -0.15) is 0 Å². The smallest absolute Gasteiger partial charge is 0.0661 e. The van der Waals surface area contributed by atoms with Crippen LogP contribution in [0.5, 0.6) is 0 Å². The average Bonchev–Trinajstić information content (AvgIpc) is 2.24. The largest absolute Gasteiger partial charge is 0.288 e. The standard InChI is InChI=1S/C14H24N2O2/c1-13(2,3)15(17)11-8-7-9-12(10-11)16(18)14(4,5)6/h7-10,17-18H,1-6H3. The molecule has 4 heteroatoms. The van der Waals surface area contributed by atoms with Gasteiger partial charge in [-0.05, 0) is 59.7 Å². The third-order valence-electron chi connectivity index (χ3n) is 2.59. The van der Waals surface area contributed by atoms with Gasteiger partial charge < -0.3 is 0 Å². The van der Waals surface area contributed by atoms with Gasteiger partial charge in [0.05, 0.1) is 22.5 Å². The Hall–Kier alpha value is -1.26. The molecule has 0 amide bonds. The highest BCUT2D eigenvalue weighted by atomic mass is 16.5. The molecule has 0 aliphatic rings. The van der Waals surface area contributed by atoms with Crippen LogP contribution in [0.2, 0.25) is 0 Å². The van der Waals surface area contributed by atoms with E-state index in [0.29, 0.717) is 11.4 Å². The maximum Gasteiger partial charge on any atom is 0.0661 e. The highest BCUT2D eigenvalue weighted by Crippen LogP contribution is 2.28. The van der Waals surface area contributed by atoms with Crippen molar-refractivity contribution in [2.75, 3.05) is 10.1 Å². The van der Waals surface area contributed by atoms with Crippen molar-refractivity contribution in [2.45, 2.75) is 52.6 Å². The summed E-state index contributed by atoms with van der Waals surface area (Å²) in [6.07, 6.45) is 0. The lowest BCUT2D eigenvalue weighted by atomic mass is 10.1. The first-order chi connectivity index (χ1) is 8.03. The summed E-state index contributed by atoms with van der Waals surface area (Å²) in [5, 5.41) is 22.6. The van der Waals surface area contributed by atoms with E-state index in [0.717, 1.165) is 0 Å². The molecule has 0 unspecified atom stereocenters. The lowest BCUT2D eigenvalue weighted by Crippen LogP contribution is -2.40. The summed E-state index contributed by atoms with van der Waals surface area (Å²) in [4.78, 5) is 0. The Bertz CT molecular complexity index is 370. The molecule has 0 aliphatic heterocycles. The van der Waals surface area contributed by atoms with Gasteiger partial charge in [0.25, 0.3) is 0 Å². The van der Waals surface area contributed by atoms with Crippen molar-refractivity contribution in [2.24, 2.45) is 0 Å². The molecule has 0 atom stereocenters. The van der Waals surface area contributed by atoms with Crippen molar-refractivity contribution in [1.82, 2.24) is 0 Å². The second-order valence-corrected chi connectivity index (χ2v) is 6.49. The molecule has 1 aromatic carbocycles. The second kappa shape index (κ2) is 4.78. The van der Waals surface area contributed by atoms with E-state index in [4.69, 9.17) is 0 Å². The van der Waals surface area contributed by atoms with Crippen LogP contribution in [0.4, 0.5) is 11.4 Å². The zero-order chi connectivity index (χ0) is 14.1. The Labute approximate surface area is 109 Å². The maximum atomic E-state index is 10.1. The summed E-state index contributed by atoms with van der Waals surface area (Å²) in [5.41, 5.74) is 0.535. The molecule has 2 N–H and O–H groups in total. The molecule has 0 bridgehead atoms. The van der Waals surface area contributed by atoms with Gasteiger partial charge in [-0.3, -0.25) is 20.5 Å². The van der Waals surface area contributed by atoms with E-state index in [1.165, 1.54) is 10.1 Å². The molecule has 0 saturated carbocycles. The molecular formula is C14H24N2O2. The summed E-state index contributed by atoms with van der Waals surface area (Å²) in [7, 11) is 0. The number of rotatable bonds is 2. The van der Waals surface area contributed by atoms with E-state index >= 15 is 0 Å². The molecule has 0 heterocycles. The lowest BCUT2D eigenvalue weighted by Gasteiger charge is -2.34. The van der Waals surface area contributed by atoms with Gasteiger partial charge >= 0.3 is 0 Å². The fourth-order valence-electron chi connectivity index (χ4n) is 1.53. The summed E-state index contributed by atoms with van der Waals surface area (Å²) in [6.45, 7) is 11.5. The van der Waals surface area contributed by atoms with Gasteiger partial charge in [-0.15, -0.1) is 0 Å². The number of hydroxylamine groups is 2. The van der Waals surface area contributed by atoms with Crippen LogP contribution in [0.3, 0.4) is 0 Å². The van der Waals surface area contributed by atoms with Crippen LogP contribution in [0.15, 0.2) is 24.3 Å². The molecule has 0 aliphatic carbocycles. The Morgan fingerprint density at radius 3 is 1.39 bits per heavy atom. The molecule has 18 heavy (non-hydrogen) atoms. The summed E-state index contributed by atoms with van der Waals surface area (Å²) >= 11 is 0. The Morgan fingerprint density at radius 2 is 1.11 bits per heavy atom. The molecule has 0 aromatic heterocycles. The topological polar surface area (TPSA) is 46.9 Å². The van der Waals surface area contributed by atoms with Crippen LogP contribution >= 0.6 is 0 Å². The van der Waals surface area contributed by atoms with Crippen LogP contribution in [0.1, 0.15) is 41.5 Å². The maximum absolute atomic E-state index is 10.1. The molecular weight excluding hydrogens is 228 g/mol. The highest BCUT2D eigenvalue weighted by Gasteiger charge is 2.23. The summed E-state index contributed by atoms with van der Waals surface area (Å²) in [5.74, 6) is 0. The minimum atomic E-state index is -0.388. The molecule has 0 radical (unpaired) electrons. The zero-order valence-corrected chi connectivity index (χ0v) is 12.1. The first-order valence-electron chi connectivity index (χ1n) is 6.12. The summed E-state index contributed by atoms with van der Waals surface area (Å²) in [6, 6.07) is 7.20. The van der Waals surface area contributed by atoms with Gasteiger partial charge in [-0.1, -0.05) is 6.07 Å². The van der Waals surface area contributed by atoms with Crippen LogP contribution < -0.4 is 10.1 Å². The second-order valence-electron chi connectivity index (χ2n) is 6.49. The minimum absolute atomic E-state index is 0.388. The van der Waals surface area contributed by atoms with Crippen molar-refractivity contribution in [1.29, 1.82) is 0 Å². The number of benzene rings is 1. The van der Waals surface area contributed by atoms with E-state index in [1.54, 1.807) is 6.07 Å². The lowest BCUT2D eigenvalue weighted by molar-refractivity contribution is 0.177. The third-order valence-corrected chi connectivity index (χ3v) is 2.59. The van der Waals surface area contributed by atoms with Crippen LogP contribution in [-0.4, -0.2) is 21.5 Å². The molecule has 0 saturated heterocycles. The normalized spacial score (nSPS) is 12.4. The minimum Gasteiger partial charge on any atom is -0.288 e.